The van der Waals surface area contributed by atoms with E-state index in [1.807, 2.05) is 13.8 Å². The lowest BCUT2D eigenvalue weighted by atomic mass is 10.1. The zero-order chi connectivity index (χ0) is 16.1. The van der Waals surface area contributed by atoms with E-state index >= 15 is 0 Å². The van der Waals surface area contributed by atoms with Crippen LogP contribution < -0.4 is 10.6 Å². The van der Waals surface area contributed by atoms with Crippen LogP contribution in [0.2, 0.25) is 0 Å². The molecule has 3 N–H and O–H groups in total. The fourth-order valence-electron chi connectivity index (χ4n) is 1.78. The third-order valence-electron chi connectivity index (χ3n) is 3.04. The SMILES string of the molecule is CC(C)C(=O)Nc1ccc(C(=O)Nc2cccc(O)c2)cc1. The number of aromatic hydroxyl groups is 1. The number of carbonyl (C=O) groups excluding carboxylic acids is 2. The summed E-state index contributed by atoms with van der Waals surface area (Å²) in [5.74, 6) is -0.373. The van der Waals surface area contributed by atoms with Crippen LogP contribution >= 0.6 is 0 Å². The normalized spacial score (nSPS) is 10.3. The summed E-state index contributed by atoms with van der Waals surface area (Å²) in [6.45, 7) is 3.62. The molecule has 0 aliphatic carbocycles. The number of carbonyl (C=O) groups is 2. The number of phenols is 1. The minimum atomic E-state index is -0.285. The molecule has 0 heterocycles. The molecular weight excluding hydrogens is 280 g/mol. The Bertz CT molecular complexity index is 679. The zero-order valence-electron chi connectivity index (χ0n) is 12.5. The van der Waals surface area contributed by atoms with Crippen LogP contribution in [0.5, 0.6) is 5.75 Å². The lowest BCUT2D eigenvalue weighted by Gasteiger charge is -2.09. The molecule has 114 valence electrons. The Morgan fingerprint density at radius 3 is 2.23 bits per heavy atom. The second kappa shape index (κ2) is 6.76. The van der Waals surface area contributed by atoms with Gasteiger partial charge in [-0.15, -0.1) is 0 Å². The summed E-state index contributed by atoms with van der Waals surface area (Å²) in [6.07, 6.45) is 0. The number of benzene rings is 2. The fraction of sp³-hybridized carbons (Fsp3) is 0.176. The van der Waals surface area contributed by atoms with E-state index in [-0.39, 0.29) is 23.5 Å². The molecule has 0 bridgehead atoms. The molecule has 0 spiro atoms. The van der Waals surface area contributed by atoms with Gasteiger partial charge in [0.25, 0.3) is 5.91 Å². The maximum Gasteiger partial charge on any atom is 0.255 e. The van der Waals surface area contributed by atoms with E-state index in [1.54, 1.807) is 36.4 Å². The quantitative estimate of drug-likeness (QED) is 0.810. The number of rotatable bonds is 4. The Labute approximate surface area is 129 Å². The molecule has 0 fully saturated rings. The molecule has 0 saturated heterocycles. The molecule has 0 saturated carbocycles. The summed E-state index contributed by atoms with van der Waals surface area (Å²) in [6, 6.07) is 13.0. The van der Waals surface area contributed by atoms with Gasteiger partial charge in [-0.3, -0.25) is 9.59 Å². The third-order valence-corrected chi connectivity index (χ3v) is 3.04. The van der Waals surface area contributed by atoms with Gasteiger partial charge < -0.3 is 15.7 Å². The maximum absolute atomic E-state index is 12.1. The molecule has 0 aliphatic rings. The predicted octanol–water partition coefficient (Wildman–Crippen LogP) is 3.24. The Balaban J connectivity index is 2.03. The molecule has 0 unspecified atom stereocenters. The first-order chi connectivity index (χ1) is 10.5. The van der Waals surface area contributed by atoms with Gasteiger partial charge in [-0.25, -0.2) is 0 Å². The van der Waals surface area contributed by atoms with E-state index in [4.69, 9.17) is 0 Å². The van der Waals surface area contributed by atoms with Crippen LogP contribution in [0.1, 0.15) is 24.2 Å². The Morgan fingerprint density at radius 1 is 0.955 bits per heavy atom. The van der Waals surface area contributed by atoms with Crippen molar-refractivity contribution in [1.82, 2.24) is 0 Å². The monoisotopic (exact) mass is 298 g/mol. The highest BCUT2D eigenvalue weighted by Gasteiger charge is 2.09. The molecule has 0 atom stereocenters. The van der Waals surface area contributed by atoms with E-state index < -0.39 is 0 Å². The van der Waals surface area contributed by atoms with Crippen molar-refractivity contribution in [2.45, 2.75) is 13.8 Å². The van der Waals surface area contributed by atoms with Gasteiger partial charge in [0.05, 0.1) is 0 Å². The first-order valence-corrected chi connectivity index (χ1v) is 6.97. The van der Waals surface area contributed by atoms with Gasteiger partial charge in [0.1, 0.15) is 5.75 Å². The van der Waals surface area contributed by atoms with Crippen molar-refractivity contribution in [2.75, 3.05) is 10.6 Å². The van der Waals surface area contributed by atoms with Crippen LogP contribution in [0.3, 0.4) is 0 Å². The standard InChI is InChI=1S/C17H18N2O3/c1-11(2)16(21)18-13-8-6-12(7-9-13)17(22)19-14-4-3-5-15(20)10-14/h3-11,20H,1-2H3,(H,18,21)(H,19,22). The average Bonchev–Trinajstić information content (AvgIpc) is 2.47. The van der Waals surface area contributed by atoms with Crippen LogP contribution in [-0.2, 0) is 4.79 Å². The smallest absolute Gasteiger partial charge is 0.255 e. The molecule has 2 rings (SSSR count). The first kappa shape index (κ1) is 15.6. The van der Waals surface area contributed by atoms with E-state index in [9.17, 15) is 14.7 Å². The molecule has 22 heavy (non-hydrogen) atoms. The Kier molecular flexibility index (Phi) is 4.78. The second-order valence-corrected chi connectivity index (χ2v) is 5.23. The maximum atomic E-state index is 12.1. The van der Waals surface area contributed by atoms with Crippen LogP contribution in [0.4, 0.5) is 11.4 Å². The minimum absolute atomic E-state index is 0.0723. The summed E-state index contributed by atoms with van der Waals surface area (Å²) in [4.78, 5) is 23.7. The van der Waals surface area contributed by atoms with Crippen molar-refractivity contribution in [2.24, 2.45) is 5.92 Å². The van der Waals surface area contributed by atoms with Gasteiger partial charge in [-0.2, -0.15) is 0 Å². The van der Waals surface area contributed by atoms with Crippen molar-refractivity contribution < 1.29 is 14.7 Å². The van der Waals surface area contributed by atoms with E-state index in [1.165, 1.54) is 12.1 Å². The van der Waals surface area contributed by atoms with Crippen LogP contribution in [0.25, 0.3) is 0 Å². The molecule has 2 amide bonds. The molecule has 2 aromatic carbocycles. The molecule has 0 aliphatic heterocycles. The summed E-state index contributed by atoms with van der Waals surface area (Å²) >= 11 is 0. The summed E-state index contributed by atoms with van der Waals surface area (Å²) in [5.41, 5.74) is 1.63. The van der Waals surface area contributed by atoms with Gasteiger partial charge in [0, 0.05) is 28.9 Å². The number of nitrogens with one attached hydrogen (secondary N) is 2. The molecule has 5 nitrogen and oxygen atoms in total. The number of amides is 2. The van der Waals surface area contributed by atoms with Gasteiger partial charge in [0.2, 0.25) is 5.91 Å². The Hall–Kier alpha value is -2.82. The van der Waals surface area contributed by atoms with Gasteiger partial charge in [-0.1, -0.05) is 19.9 Å². The lowest BCUT2D eigenvalue weighted by molar-refractivity contribution is -0.118. The minimum Gasteiger partial charge on any atom is -0.508 e. The van der Waals surface area contributed by atoms with E-state index in [0.29, 0.717) is 16.9 Å². The highest BCUT2D eigenvalue weighted by molar-refractivity contribution is 6.04. The van der Waals surface area contributed by atoms with E-state index in [2.05, 4.69) is 10.6 Å². The van der Waals surface area contributed by atoms with Crippen LogP contribution in [-0.4, -0.2) is 16.9 Å². The molecule has 2 aromatic rings. The highest BCUT2D eigenvalue weighted by atomic mass is 16.3. The number of hydrogen-bond donors (Lipinski definition) is 3. The number of hydrogen-bond acceptors (Lipinski definition) is 3. The van der Waals surface area contributed by atoms with Crippen molar-refractivity contribution in [3.8, 4) is 5.75 Å². The van der Waals surface area contributed by atoms with E-state index in [0.717, 1.165) is 0 Å². The molecular formula is C17H18N2O3. The van der Waals surface area contributed by atoms with Crippen molar-refractivity contribution in [3.63, 3.8) is 0 Å². The number of phenolic OH excluding ortho intramolecular Hbond substituents is 1. The molecule has 0 aromatic heterocycles. The topological polar surface area (TPSA) is 78.4 Å². The molecule has 0 radical (unpaired) electrons. The van der Waals surface area contributed by atoms with Gasteiger partial charge in [0.15, 0.2) is 0 Å². The highest BCUT2D eigenvalue weighted by Crippen LogP contribution is 2.17. The van der Waals surface area contributed by atoms with Crippen molar-refractivity contribution >= 4 is 23.2 Å². The lowest BCUT2D eigenvalue weighted by Crippen LogP contribution is -2.18. The summed E-state index contributed by atoms with van der Waals surface area (Å²) in [5, 5.41) is 14.8. The summed E-state index contributed by atoms with van der Waals surface area (Å²) in [7, 11) is 0. The Morgan fingerprint density at radius 2 is 1.64 bits per heavy atom. The second-order valence-electron chi connectivity index (χ2n) is 5.23. The van der Waals surface area contributed by atoms with Gasteiger partial charge >= 0.3 is 0 Å². The molecule has 5 heteroatoms. The average molecular weight is 298 g/mol. The fourth-order valence-corrected chi connectivity index (χ4v) is 1.78. The zero-order valence-corrected chi connectivity index (χ0v) is 12.5. The predicted molar refractivity (Wildman–Crippen MR) is 86.0 cm³/mol. The first-order valence-electron chi connectivity index (χ1n) is 6.97. The van der Waals surface area contributed by atoms with Crippen molar-refractivity contribution in [3.05, 3.63) is 54.1 Å². The third kappa shape index (κ3) is 4.09. The van der Waals surface area contributed by atoms with Crippen LogP contribution in [0.15, 0.2) is 48.5 Å². The summed E-state index contributed by atoms with van der Waals surface area (Å²) < 4.78 is 0. The largest absolute Gasteiger partial charge is 0.508 e. The van der Waals surface area contributed by atoms with Crippen molar-refractivity contribution in [1.29, 1.82) is 0 Å². The van der Waals surface area contributed by atoms with Crippen LogP contribution in [0, 0.1) is 5.92 Å². The van der Waals surface area contributed by atoms with Gasteiger partial charge in [-0.05, 0) is 36.4 Å². The number of anilines is 2.